The summed E-state index contributed by atoms with van der Waals surface area (Å²) in [4.78, 5) is 32.3. The topological polar surface area (TPSA) is 90.1 Å². The van der Waals surface area contributed by atoms with Crippen molar-refractivity contribution < 1.29 is 23.8 Å². The van der Waals surface area contributed by atoms with Gasteiger partial charge in [0.25, 0.3) is 5.56 Å². The second kappa shape index (κ2) is 10.5. The summed E-state index contributed by atoms with van der Waals surface area (Å²) in [6, 6.07) is 18.9. The average Bonchev–Trinajstić information content (AvgIpc) is 3.24. The Labute approximate surface area is 221 Å². The highest BCUT2D eigenvalue weighted by atomic mass is 32.1. The Morgan fingerprint density at radius 3 is 2.53 bits per heavy atom. The summed E-state index contributed by atoms with van der Waals surface area (Å²) in [7, 11) is 1.44. The van der Waals surface area contributed by atoms with E-state index in [9.17, 15) is 19.1 Å². The van der Waals surface area contributed by atoms with Gasteiger partial charge in [-0.25, -0.2) is 14.2 Å². The maximum atomic E-state index is 13.9. The fourth-order valence-electron chi connectivity index (χ4n) is 4.36. The highest BCUT2D eigenvalue weighted by molar-refractivity contribution is 7.07. The van der Waals surface area contributed by atoms with Gasteiger partial charge in [0, 0.05) is 11.1 Å². The number of carbonyl (C=O) groups is 1. The maximum absolute atomic E-state index is 13.9. The number of fused-ring (bicyclic) bond motifs is 1. The Balaban J connectivity index is 1.83. The lowest BCUT2D eigenvalue weighted by Gasteiger charge is -2.25. The molecule has 0 aliphatic carbocycles. The van der Waals surface area contributed by atoms with Crippen molar-refractivity contribution in [2.24, 2.45) is 4.99 Å². The van der Waals surface area contributed by atoms with Gasteiger partial charge in [-0.1, -0.05) is 65.9 Å². The van der Waals surface area contributed by atoms with Gasteiger partial charge in [-0.05, 0) is 36.8 Å². The molecule has 2 heterocycles. The number of carbonyl (C=O) groups excluding carboxylic acids is 1. The molecule has 1 aromatic heterocycles. The van der Waals surface area contributed by atoms with E-state index >= 15 is 0 Å². The van der Waals surface area contributed by atoms with Crippen molar-refractivity contribution >= 4 is 29.1 Å². The monoisotopic (exact) mass is 530 g/mol. The zero-order valence-electron chi connectivity index (χ0n) is 20.6. The molecule has 38 heavy (non-hydrogen) atoms. The average molecular weight is 531 g/mol. The first-order valence-electron chi connectivity index (χ1n) is 11.8. The summed E-state index contributed by atoms with van der Waals surface area (Å²) in [5, 5.41) is 10.6. The van der Waals surface area contributed by atoms with Gasteiger partial charge in [0.2, 0.25) is 0 Å². The third kappa shape index (κ3) is 4.52. The summed E-state index contributed by atoms with van der Waals surface area (Å²) >= 11 is 1.12. The van der Waals surface area contributed by atoms with Gasteiger partial charge in [-0.3, -0.25) is 9.36 Å². The number of aromatic hydroxyl groups is 1. The number of nitrogens with zero attached hydrogens (tertiary/aromatic N) is 2. The van der Waals surface area contributed by atoms with Crippen molar-refractivity contribution in [2.45, 2.75) is 13.0 Å². The van der Waals surface area contributed by atoms with Crippen molar-refractivity contribution in [1.29, 1.82) is 0 Å². The van der Waals surface area contributed by atoms with E-state index in [1.54, 1.807) is 43.3 Å². The minimum atomic E-state index is -0.915. The van der Waals surface area contributed by atoms with E-state index < -0.39 is 23.4 Å². The molecule has 1 aliphatic rings. The Hall–Kier alpha value is -4.50. The highest BCUT2D eigenvalue weighted by Crippen LogP contribution is 2.35. The van der Waals surface area contributed by atoms with Crippen molar-refractivity contribution in [2.75, 3.05) is 13.7 Å². The summed E-state index contributed by atoms with van der Waals surface area (Å²) in [6.45, 7) is 1.82. The third-order valence-electron chi connectivity index (χ3n) is 6.10. The molecule has 1 aliphatic heterocycles. The van der Waals surface area contributed by atoms with Gasteiger partial charge < -0.3 is 14.6 Å². The molecule has 5 rings (SSSR count). The first-order valence-corrected chi connectivity index (χ1v) is 12.6. The Morgan fingerprint density at radius 2 is 1.84 bits per heavy atom. The largest absolute Gasteiger partial charge is 0.504 e. The van der Waals surface area contributed by atoms with Crippen LogP contribution in [0.4, 0.5) is 4.39 Å². The number of aromatic nitrogens is 1. The van der Waals surface area contributed by atoms with Crippen LogP contribution in [0.1, 0.15) is 29.7 Å². The summed E-state index contributed by atoms with van der Waals surface area (Å²) in [5.41, 5.74) is 1.71. The van der Waals surface area contributed by atoms with Crippen LogP contribution in [-0.2, 0) is 9.53 Å². The molecule has 0 bridgehead atoms. The van der Waals surface area contributed by atoms with Gasteiger partial charge in [0.05, 0.1) is 35.6 Å². The highest BCUT2D eigenvalue weighted by Gasteiger charge is 2.35. The number of para-hydroxylation sites is 1. The zero-order chi connectivity index (χ0) is 26.8. The molecule has 0 saturated heterocycles. The molecule has 0 radical (unpaired) electrons. The fraction of sp³-hybridized carbons (Fsp3) is 0.138. The van der Waals surface area contributed by atoms with Crippen LogP contribution in [0.25, 0.3) is 11.8 Å². The molecule has 3 aromatic carbocycles. The number of halogens is 1. The normalized spacial score (nSPS) is 15.1. The standard InChI is InChI=1S/C29H23FN2O5S/c1-3-37-28(35)23-24(17-8-5-4-6-9-17)31-29-32(25(23)18-12-14-20(30)15-13-18)27(34)22(38-29)16-19-10-7-11-21(36-2)26(19)33/h4-16,25,33H,3H2,1-2H3/b22-16-/t25-/m0/s1. The minimum absolute atomic E-state index is 0.104. The zero-order valence-corrected chi connectivity index (χ0v) is 21.4. The van der Waals surface area contributed by atoms with E-state index in [-0.39, 0.29) is 28.2 Å². The Bertz CT molecular complexity index is 1720. The Kier molecular flexibility index (Phi) is 6.93. The van der Waals surface area contributed by atoms with Crippen molar-refractivity contribution in [3.8, 4) is 11.5 Å². The lowest BCUT2D eigenvalue weighted by molar-refractivity contribution is -0.138. The molecule has 1 N–H and O–H groups in total. The van der Waals surface area contributed by atoms with Crippen LogP contribution in [0.5, 0.6) is 11.5 Å². The first kappa shape index (κ1) is 25.2. The second-order valence-electron chi connectivity index (χ2n) is 8.38. The van der Waals surface area contributed by atoms with Crippen LogP contribution >= 0.6 is 11.3 Å². The molecule has 1 atom stereocenters. The predicted molar refractivity (Wildman–Crippen MR) is 142 cm³/mol. The number of rotatable bonds is 6. The van der Waals surface area contributed by atoms with Crippen LogP contribution in [0, 0.1) is 5.82 Å². The molecule has 0 fully saturated rings. The summed E-state index contributed by atoms with van der Waals surface area (Å²) < 4.78 is 26.2. The minimum Gasteiger partial charge on any atom is -0.504 e. The van der Waals surface area contributed by atoms with Crippen LogP contribution in [-0.4, -0.2) is 29.4 Å². The molecule has 0 amide bonds. The van der Waals surface area contributed by atoms with E-state index in [0.29, 0.717) is 27.2 Å². The van der Waals surface area contributed by atoms with E-state index in [0.717, 1.165) is 11.3 Å². The molecule has 7 nitrogen and oxygen atoms in total. The van der Waals surface area contributed by atoms with Gasteiger partial charge in [-0.2, -0.15) is 0 Å². The van der Waals surface area contributed by atoms with E-state index in [1.165, 1.54) is 23.8 Å². The number of thiazole rings is 1. The quantitative estimate of drug-likeness (QED) is 0.383. The molecular formula is C29H23FN2O5S. The van der Waals surface area contributed by atoms with Crippen molar-refractivity contribution in [1.82, 2.24) is 4.57 Å². The lowest BCUT2D eigenvalue weighted by Crippen LogP contribution is -2.40. The fourth-order valence-corrected chi connectivity index (χ4v) is 5.35. The first-order chi connectivity index (χ1) is 18.4. The number of hydrogen-bond acceptors (Lipinski definition) is 7. The van der Waals surface area contributed by atoms with Gasteiger partial charge >= 0.3 is 5.97 Å². The van der Waals surface area contributed by atoms with Crippen molar-refractivity contribution in [3.63, 3.8) is 0 Å². The van der Waals surface area contributed by atoms with Gasteiger partial charge in [-0.15, -0.1) is 0 Å². The number of hydrogen-bond donors (Lipinski definition) is 1. The molecule has 192 valence electrons. The molecule has 0 unspecified atom stereocenters. The van der Waals surface area contributed by atoms with Crippen LogP contribution in [0.15, 0.2) is 88.2 Å². The molecule has 4 aromatic rings. The number of phenols is 1. The number of phenolic OH excluding ortho intramolecular Hbond substituents is 1. The van der Waals surface area contributed by atoms with Crippen LogP contribution in [0.2, 0.25) is 0 Å². The predicted octanol–water partition coefficient (Wildman–Crippen LogP) is 3.79. The molecule has 0 spiro atoms. The van der Waals surface area contributed by atoms with E-state index in [1.807, 2.05) is 30.3 Å². The van der Waals surface area contributed by atoms with E-state index in [2.05, 4.69) is 0 Å². The van der Waals surface area contributed by atoms with Crippen molar-refractivity contribution in [3.05, 3.63) is 121 Å². The molecule has 9 heteroatoms. The van der Waals surface area contributed by atoms with Crippen LogP contribution in [0.3, 0.4) is 0 Å². The lowest BCUT2D eigenvalue weighted by atomic mass is 9.93. The number of ether oxygens (including phenoxy) is 2. The van der Waals surface area contributed by atoms with Gasteiger partial charge in [0.1, 0.15) is 5.82 Å². The SMILES string of the molecule is CCOC(=O)C1=C(c2ccccc2)N=c2s/c(=C\c3cccc(OC)c3O)c(=O)n2[C@H]1c1ccc(F)cc1. The Morgan fingerprint density at radius 1 is 1.11 bits per heavy atom. The summed E-state index contributed by atoms with van der Waals surface area (Å²) in [5.74, 6) is -0.900. The third-order valence-corrected chi connectivity index (χ3v) is 7.08. The smallest absolute Gasteiger partial charge is 0.338 e. The van der Waals surface area contributed by atoms with Crippen LogP contribution < -0.4 is 19.6 Å². The summed E-state index contributed by atoms with van der Waals surface area (Å²) in [6.07, 6.45) is 1.56. The number of esters is 1. The van der Waals surface area contributed by atoms with Gasteiger partial charge in [0.15, 0.2) is 16.3 Å². The second-order valence-corrected chi connectivity index (χ2v) is 9.39. The maximum Gasteiger partial charge on any atom is 0.338 e. The molecular weight excluding hydrogens is 507 g/mol. The number of benzene rings is 3. The molecule has 0 saturated carbocycles. The van der Waals surface area contributed by atoms with E-state index in [4.69, 9.17) is 14.5 Å². The number of methoxy groups -OCH3 is 1.